The fourth-order valence-corrected chi connectivity index (χ4v) is 2.30. The van der Waals surface area contributed by atoms with Gasteiger partial charge in [-0.05, 0) is 12.1 Å². The Kier molecular flexibility index (Phi) is 3.64. The van der Waals surface area contributed by atoms with Crippen molar-refractivity contribution in [1.29, 1.82) is 0 Å². The third kappa shape index (κ3) is 2.58. The van der Waals surface area contributed by atoms with Crippen LogP contribution in [0, 0.1) is 0 Å². The Balaban J connectivity index is 1.47. The minimum absolute atomic E-state index is 0.718. The van der Waals surface area contributed by atoms with Gasteiger partial charge in [-0.15, -0.1) is 0 Å². The van der Waals surface area contributed by atoms with E-state index in [1.54, 1.807) is 0 Å². The van der Waals surface area contributed by atoms with Crippen LogP contribution in [-0.4, -0.2) is 51.0 Å². The first-order valence-corrected chi connectivity index (χ1v) is 6.47. The number of morpholine rings is 1. The Bertz CT molecular complexity index is 394. The molecule has 1 aromatic carbocycles. The molecular formula is C13H19N3O2. The fourth-order valence-electron chi connectivity index (χ4n) is 2.30. The van der Waals surface area contributed by atoms with Crippen LogP contribution in [0.25, 0.3) is 0 Å². The van der Waals surface area contributed by atoms with Gasteiger partial charge in [0.15, 0.2) is 0 Å². The lowest BCUT2D eigenvalue weighted by Gasteiger charge is -2.27. The number of hydrogen-bond acceptors (Lipinski definition) is 5. The Labute approximate surface area is 107 Å². The monoisotopic (exact) mass is 249 g/mol. The summed E-state index contributed by atoms with van der Waals surface area (Å²) in [6.45, 7) is 6.11. The van der Waals surface area contributed by atoms with Crippen LogP contribution >= 0.6 is 0 Å². The van der Waals surface area contributed by atoms with Crippen LogP contribution in [0.2, 0.25) is 0 Å². The van der Waals surface area contributed by atoms with E-state index < -0.39 is 0 Å². The smallest absolute Gasteiger partial charge is 0.114 e. The molecule has 0 amide bonds. The molecular weight excluding hydrogens is 230 g/mol. The lowest BCUT2D eigenvalue weighted by Crippen LogP contribution is -2.39. The number of anilines is 2. The van der Waals surface area contributed by atoms with Crippen molar-refractivity contribution in [2.45, 2.75) is 0 Å². The molecule has 0 bridgehead atoms. The minimum atomic E-state index is 0.718. The molecule has 0 atom stereocenters. The number of nitrogens with zero attached hydrogens (tertiary/aromatic N) is 2. The summed E-state index contributed by atoms with van der Waals surface area (Å²) in [5, 5.41) is 5.23. The van der Waals surface area contributed by atoms with Crippen molar-refractivity contribution in [3.63, 3.8) is 0 Å². The maximum Gasteiger partial charge on any atom is 0.114 e. The van der Waals surface area contributed by atoms with Crippen molar-refractivity contribution in [3.05, 3.63) is 24.3 Å². The Morgan fingerprint density at radius 3 is 2.94 bits per heavy atom. The Morgan fingerprint density at radius 1 is 1.22 bits per heavy atom. The number of para-hydroxylation sites is 2. The van der Waals surface area contributed by atoms with Gasteiger partial charge in [-0.25, -0.2) is 5.06 Å². The first-order chi connectivity index (χ1) is 8.93. The van der Waals surface area contributed by atoms with Crippen molar-refractivity contribution in [2.24, 2.45) is 0 Å². The van der Waals surface area contributed by atoms with Gasteiger partial charge in [-0.2, -0.15) is 0 Å². The van der Waals surface area contributed by atoms with Gasteiger partial charge >= 0.3 is 0 Å². The van der Waals surface area contributed by atoms with Crippen LogP contribution in [0.5, 0.6) is 0 Å². The van der Waals surface area contributed by atoms with E-state index in [1.807, 2.05) is 17.2 Å². The number of hydrogen-bond donors (Lipinski definition) is 1. The van der Waals surface area contributed by atoms with Crippen molar-refractivity contribution < 1.29 is 9.57 Å². The topological polar surface area (TPSA) is 37.0 Å². The van der Waals surface area contributed by atoms with E-state index in [-0.39, 0.29) is 0 Å². The van der Waals surface area contributed by atoms with E-state index in [9.17, 15) is 0 Å². The highest BCUT2D eigenvalue weighted by Crippen LogP contribution is 2.30. The molecule has 98 valence electrons. The molecule has 0 unspecified atom stereocenters. The number of fused-ring (bicyclic) bond motifs is 1. The van der Waals surface area contributed by atoms with Crippen LogP contribution in [0.1, 0.15) is 0 Å². The quantitative estimate of drug-likeness (QED) is 0.866. The van der Waals surface area contributed by atoms with Crippen LogP contribution in [-0.2, 0) is 9.57 Å². The molecule has 5 nitrogen and oxygen atoms in total. The summed E-state index contributed by atoms with van der Waals surface area (Å²) in [5.74, 6) is 0. The third-order valence-corrected chi connectivity index (χ3v) is 3.34. The molecule has 1 saturated heterocycles. The minimum Gasteiger partial charge on any atom is -0.379 e. The van der Waals surface area contributed by atoms with E-state index >= 15 is 0 Å². The highest BCUT2D eigenvalue weighted by Gasteiger charge is 2.18. The molecule has 0 saturated carbocycles. The van der Waals surface area contributed by atoms with Gasteiger partial charge in [0.1, 0.15) is 6.67 Å². The second-order valence-corrected chi connectivity index (χ2v) is 4.52. The van der Waals surface area contributed by atoms with Gasteiger partial charge in [0.05, 0.1) is 31.2 Å². The predicted octanol–water partition coefficient (Wildman–Crippen LogP) is 1.14. The van der Waals surface area contributed by atoms with Crippen LogP contribution in [0.15, 0.2) is 24.3 Å². The summed E-state index contributed by atoms with van der Waals surface area (Å²) in [5.41, 5.74) is 2.27. The molecule has 2 heterocycles. The average molecular weight is 249 g/mol. The van der Waals surface area contributed by atoms with E-state index in [4.69, 9.17) is 9.57 Å². The molecule has 1 fully saturated rings. The summed E-state index contributed by atoms with van der Waals surface area (Å²) in [7, 11) is 0. The van der Waals surface area contributed by atoms with E-state index in [1.165, 1.54) is 0 Å². The van der Waals surface area contributed by atoms with E-state index in [0.29, 0.717) is 0 Å². The van der Waals surface area contributed by atoms with E-state index in [2.05, 4.69) is 22.3 Å². The summed E-state index contributed by atoms with van der Waals surface area (Å²) in [6.07, 6.45) is 0. The van der Waals surface area contributed by atoms with Crippen LogP contribution in [0.4, 0.5) is 11.4 Å². The van der Waals surface area contributed by atoms with Crippen molar-refractivity contribution >= 4 is 11.4 Å². The van der Waals surface area contributed by atoms with Gasteiger partial charge in [-0.3, -0.25) is 9.74 Å². The standard InChI is InChI=1S/C13H19N3O2/c1-2-4-13-12(3-1)14-11-16(13)18-10-7-15-5-8-17-9-6-15/h1-4,14H,5-11H2. The SMILES string of the molecule is c1ccc2c(c1)NCN2OCCN1CCOCC1. The van der Waals surface area contributed by atoms with Gasteiger partial charge in [0.2, 0.25) is 0 Å². The molecule has 3 rings (SSSR count). The van der Waals surface area contributed by atoms with Gasteiger partial charge in [0, 0.05) is 19.6 Å². The lowest BCUT2D eigenvalue weighted by atomic mass is 10.3. The van der Waals surface area contributed by atoms with Gasteiger partial charge in [-0.1, -0.05) is 12.1 Å². The highest BCUT2D eigenvalue weighted by molar-refractivity contribution is 5.73. The van der Waals surface area contributed by atoms with Gasteiger partial charge in [0.25, 0.3) is 0 Å². The first-order valence-electron chi connectivity index (χ1n) is 6.47. The summed E-state index contributed by atoms with van der Waals surface area (Å²) >= 11 is 0. The zero-order valence-electron chi connectivity index (χ0n) is 10.5. The average Bonchev–Trinajstić information content (AvgIpc) is 2.84. The van der Waals surface area contributed by atoms with Crippen molar-refractivity contribution in [1.82, 2.24) is 4.90 Å². The van der Waals surface area contributed by atoms with Crippen molar-refractivity contribution in [2.75, 3.05) is 56.5 Å². The number of hydroxylamine groups is 1. The number of rotatable bonds is 4. The maximum absolute atomic E-state index is 5.82. The summed E-state index contributed by atoms with van der Waals surface area (Å²) < 4.78 is 5.32. The molecule has 1 aromatic rings. The zero-order valence-corrected chi connectivity index (χ0v) is 10.5. The molecule has 2 aliphatic heterocycles. The largest absolute Gasteiger partial charge is 0.379 e. The first kappa shape index (κ1) is 11.8. The van der Waals surface area contributed by atoms with Crippen LogP contribution < -0.4 is 10.4 Å². The summed E-state index contributed by atoms with van der Waals surface area (Å²) in [6, 6.07) is 8.21. The number of benzene rings is 1. The Morgan fingerprint density at radius 2 is 2.06 bits per heavy atom. The second-order valence-electron chi connectivity index (χ2n) is 4.52. The molecule has 1 N–H and O–H groups in total. The van der Waals surface area contributed by atoms with E-state index in [0.717, 1.165) is 57.5 Å². The van der Waals surface area contributed by atoms with Gasteiger partial charge < -0.3 is 10.1 Å². The Hall–Kier alpha value is -1.30. The molecule has 0 aliphatic carbocycles. The molecule has 0 spiro atoms. The molecule has 5 heteroatoms. The zero-order chi connectivity index (χ0) is 12.2. The third-order valence-electron chi connectivity index (χ3n) is 3.34. The lowest BCUT2D eigenvalue weighted by molar-refractivity contribution is 0.0175. The normalized spacial score (nSPS) is 19.7. The fraction of sp³-hybridized carbons (Fsp3) is 0.538. The molecule has 2 aliphatic rings. The number of ether oxygens (including phenoxy) is 1. The molecule has 0 aromatic heterocycles. The van der Waals surface area contributed by atoms with Crippen LogP contribution in [0.3, 0.4) is 0 Å². The maximum atomic E-state index is 5.82. The molecule has 0 radical (unpaired) electrons. The second kappa shape index (κ2) is 5.56. The number of nitrogens with one attached hydrogen (secondary N) is 1. The molecule has 18 heavy (non-hydrogen) atoms. The summed E-state index contributed by atoms with van der Waals surface area (Å²) in [4.78, 5) is 8.19. The highest BCUT2D eigenvalue weighted by atomic mass is 16.7. The van der Waals surface area contributed by atoms with Crippen molar-refractivity contribution in [3.8, 4) is 0 Å². The predicted molar refractivity (Wildman–Crippen MR) is 70.6 cm³/mol.